The molecule has 7 heteroatoms. The first-order valence-electron chi connectivity index (χ1n) is 9.55. The van der Waals surface area contributed by atoms with Gasteiger partial charge in [-0.15, -0.1) is 23.2 Å². The SMILES string of the molecule is C=C1CC(O)C2C(C)(C)C(Cl)C(Cl)CC2(C)C1CC(O)C1CC(=O)NC1=O. The van der Waals surface area contributed by atoms with Crippen molar-refractivity contribution in [3.8, 4) is 0 Å². The molecule has 3 N–H and O–H groups in total. The van der Waals surface area contributed by atoms with Crippen LogP contribution in [0.5, 0.6) is 0 Å². The van der Waals surface area contributed by atoms with Crippen molar-refractivity contribution in [2.75, 3.05) is 0 Å². The first-order chi connectivity index (χ1) is 12.4. The van der Waals surface area contributed by atoms with Gasteiger partial charge < -0.3 is 10.2 Å². The molecule has 1 aliphatic heterocycles. The second-order valence-electron chi connectivity index (χ2n) is 9.44. The average molecular weight is 418 g/mol. The fourth-order valence-electron chi connectivity index (χ4n) is 6.15. The Morgan fingerprint density at radius 1 is 1.26 bits per heavy atom. The van der Waals surface area contributed by atoms with Gasteiger partial charge in [-0.05, 0) is 41.9 Å². The lowest BCUT2D eigenvalue weighted by Crippen LogP contribution is -2.62. The number of hydrogen-bond donors (Lipinski definition) is 3. The Morgan fingerprint density at radius 3 is 2.44 bits per heavy atom. The molecule has 0 aromatic heterocycles. The minimum atomic E-state index is -0.948. The Hall–Kier alpha value is -0.620. The van der Waals surface area contributed by atoms with E-state index in [1.807, 2.05) is 13.8 Å². The number of fused-ring (bicyclic) bond motifs is 1. The molecule has 152 valence electrons. The van der Waals surface area contributed by atoms with E-state index >= 15 is 0 Å². The maximum absolute atomic E-state index is 12.0. The Balaban J connectivity index is 1.91. The predicted molar refractivity (Wildman–Crippen MR) is 104 cm³/mol. The number of alkyl halides is 2. The van der Waals surface area contributed by atoms with E-state index in [1.165, 1.54) is 0 Å². The van der Waals surface area contributed by atoms with Gasteiger partial charge in [0.05, 0.1) is 28.9 Å². The van der Waals surface area contributed by atoms with Gasteiger partial charge in [-0.25, -0.2) is 0 Å². The number of nitrogens with one attached hydrogen (secondary N) is 1. The summed E-state index contributed by atoms with van der Waals surface area (Å²) in [5, 5.41) is 23.3. The van der Waals surface area contributed by atoms with E-state index in [2.05, 4.69) is 18.8 Å². The minimum absolute atomic E-state index is 0.00927. The largest absolute Gasteiger partial charge is 0.392 e. The van der Waals surface area contributed by atoms with Crippen LogP contribution in [0.4, 0.5) is 0 Å². The monoisotopic (exact) mass is 417 g/mol. The molecule has 0 spiro atoms. The van der Waals surface area contributed by atoms with E-state index in [9.17, 15) is 19.8 Å². The zero-order valence-electron chi connectivity index (χ0n) is 16.0. The Labute approximate surface area is 170 Å². The highest BCUT2D eigenvalue weighted by Gasteiger charge is 2.61. The normalized spacial score (nSPS) is 45.4. The van der Waals surface area contributed by atoms with Crippen LogP contribution in [0.25, 0.3) is 0 Å². The van der Waals surface area contributed by atoms with Gasteiger partial charge in [-0.1, -0.05) is 32.9 Å². The van der Waals surface area contributed by atoms with E-state index in [1.54, 1.807) is 0 Å². The number of carbonyl (C=O) groups excluding carboxylic acids is 2. The van der Waals surface area contributed by atoms with Crippen LogP contribution in [0.15, 0.2) is 12.2 Å². The predicted octanol–water partition coefficient (Wildman–Crippen LogP) is 2.60. The summed E-state index contributed by atoms with van der Waals surface area (Å²) in [6.45, 7) is 10.3. The second kappa shape index (κ2) is 7.01. The zero-order valence-corrected chi connectivity index (χ0v) is 17.6. The average Bonchev–Trinajstić information content (AvgIpc) is 2.87. The molecule has 3 rings (SSSR count). The van der Waals surface area contributed by atoms with Gasteiger partial charge in [0, 0.05) is 6.42 Å². The summed E-state index contributed by atoms with van der Waals surface area (Å²) in [7, 11) is 0. The maximum Gasteiger partial charge on any atom is 0.232 e. The molecule has 27 heavy (non-hydrogen) atoms. The standard InChI is InChI=1S/C20H29Cl2NO4/c1-9-5-14(25)16-19(2,3)17(22)12(21)8-20(16,4)11(9)7-13(24)10-6-15(26)23-18(10)27/h10-14,16-17,24-25H,1,5-8H2,2-4H3,(H,23,26,27). The van der Waals surface area contributed by atoms with E-state index < -0.39 is 34.9 Å². The Bertz CT molecular complexity index is 666. The lowest BCUT2D eigenvalue weighted by Gasteiger charge is -2.62. The Morgan fingerprint density at radius 2 is 1.89 bits per heavy atom. The minimum Gasteiger partial charge on any atom is -0.392 e. The lowest BCUT2D eigenvalue weighted by atomic mass is 9.46. The number of aliphatic hydroxyl groups is 2. The van der Waals surface area contributed by atoms with Gasteiger partial charge in [0.25, 0.3) is 0 Å². The zero-order chi connectivity index (χ0) is 20.3. The van der Waals surface area contributed by atoms with Gasteiger partial charge in [0.2, 0.25) is 11.8 Å². The van der Waals surface area contributed by atoms with Crippen molar-refractivity contribution in [1.82, 2.24) is 5.32 Å². The van der Waals surface area contributed by atoms with E-state index in [0.29, 0.717) is 19.3 Å². The van der Waals surface area contributed by atoms with Crippen molar-refractivity contribution in [1.29, 1.82) is 0 Å². The molecule has 2 amide bonds. The number of carbonyl (C=O) groups is 2. The van der Waals surface area contributed by atoms with Crippen LogP contribution in [0.2, 0.25) is 0 Å². The highest BCUT2D eigenvalue weighted by molar-refractivity contribution is 6.30. The second-order valence-corrected chi connectivity index (χ2v) is 10.5. The quantitative estimate of drug-likeness (QED) is 0.374. The van der Waals surface area contributed by atoms with E-state index in [-0.39, 0.29) is 34.9 Å². The molecule has 0 bridgehead atoms. The fraction of sp³-hybridized carbons (Fsp3) is 0.800. The van der Waals surface area contributed by atoms with Crippen LogP contribution in [-0.2, 0) is 9.59 Å². The number of imide groups is 1. The summed E-state index contributed by atoms with van der Waals surface area (Å²) >= 11 is 13.2. The summed E-state index contributed by atoms with van der Waals surface area (Å²) < 4.78 is 0. The van der Waals surface area contributed by atoms with Crippen molar-refractivity contribution < 1.29 is 19.8 Å². The highest BCUT2D eigenvalue weighted by atomic mass is 35.5. The number of rotatable bonds is 3. The van der Waals surface area contributed by atoms with E-state index in [4.69, 9.17) is 23.2 Å². The molecule has 8 atom stereocenters. The van der Waals surface area contributed by atoms with Crippen LogP contribution in [0, 0.1) is 28.6 Å². The summed E-state index contributed by atoms with van der Waals surface area (Å²) in [4.78, 5) is 23.5. The molecular weight excluding hydrogens is 389 g/mol. The fourth-order valence-corrected chi connectivity index (χ4v) is 7.04. The first kappa shape index (κ1) is 21.1. The van der Waals surface area contributed by atoms with Crippen molar-refractivity contribution in [2.24, 2.45) is 28.6 Å². The van der Waals surface area contributed by atoms with Crippen LogP contribution >= 0.6 is 23.2 Å². The lowest BCUT2D eigenvalue weighted by molar-refractivity contribution is -0.133. The molecule has 3 aliphatic rings. The maximum atomic E-state index is 12.0. The van der Waals surface area contributed by atoms with Crippen LogP contribution in [-0.4, -0.2) is 45.0 Å². The van der Waals surface area contributed by atoms with E-state index in [0.717, 1.165) is 5.57 Å². The van der Waals surface area contributed by atoms with Crippen molar-refractivity contribution >= 4 is 35.0 Å². The third kappa shape index (κ3) is 3.35. The molecular formula is C20H29Cl2NO4. The molecule has 5 nitrogen and oxygen atoms in total. The molecule has 2 saturated carbocycles. The van der Waals surface area contributed by atoms with Gasteiger partial charge in [-0.2, -0.15) is 0 Å². The summed E-state index contributed by atoms with van der Waals surface area (Å²) in [6.07, 6.45) is -0.163. The molecule has 0 radical (unpaired) electrons. The summed E-state index contributed by atoms with van der Waals surface area (Å²) in [5.74, 6) is -1.73. The molecule has 1 heterocycles. The molecule has 3 fully saturated rings. The highest BCUT2D eigenvalue weighted by Crippen LogP contribution is 2.63. The number of hydrogen-bond acceptors (Lipinski definition) is 4. The van der Waals surface area contributed by atoms with Crippen molar-refractivity contribution in [3.63, 3.8) is 0 Å². The van der Waals surface area contributed by atoms with Gasteiger partial charge in [0.1, 0.15) is 0 Å². The molecule has 1 saturated heterocycles. The van der Waals surface area contributed by atoms with Crippen molar-refractivity contribution in [2.45, 2.75) is 69.4 Å². The van der Waals surface area contributed by atoms with Crippen LogP contribution in [0.3, 0.4) is 0 Å². The first-order valence-corrected chi connectivity index (χ1v) is 10.4. The van der Waals surface area contributed by atoms with Crippen molar-refractivity contribution in [3.05, 3.63) is 12.2 Å². The van der Waals surface area contributed by atoms with Gasteiger partial charge in [-0.3, -0.25) is 14.9 Å². The van der Waals surface area contributed by atoms with Gasteiger partial charge in [0.15, 0.2) is 0 Å². The number of aliphatic hydroxyl groups excluding tert-OH is 2. The molecule has 0 aromatic rings. The smallest absolute Gasteiger partial charge is 0.232 e. The number of halogens is 2. The van der Waals surface area contributed by atoms with Gasteiger partial charge >= 0.3 is 0 Å². The molecule has 8 unspecified atom stereocenters. The Kier molecular flexibility index (Phi) is 5.48. The van der Waals surface area contributed by atoms with Crippen LogP contribution < -0.4 is 5.32 Å². The summed E-state index contributed by atoms with van der Waals surface area (Å²) in [6, 6.07) is 0. The topological polar surface area (TPSA) is 86.6 Å². The summed E-state index contributed by atoms with van der Waals surface area (Å²) in [5.41, 5.74) is 0.0546. The number of amides is 2. The van der Waals surface area contributed by atoms with Crippen LogP contribution in [0.1, 0.15) is 46.5 Å². The molecule has 2 aliphatic carbocycles. The molecule has 0 aromatic carbocycles. The third-order valence-corrected chi connectivity index (χ3v) is 8.67. The third-order valence-electron chi connectivity index (χ3n) is 7.27.